The summed E-state index contributed by atoms with van der Waals surface area (Å²) in [5.41, 5.74) is 0. The van der Waals surface area contributed by atoms with Crippen molar-refractivity contribution < 1.29 is 21.3 Å². The summed E-state index contributed by atoms with van der Waals surface area (Å²) in [5, 5.41) is -0.771. The molecule has 0 spiro atoms. The summed E-state index contributed by atoms with van der Waals surface area (Å²) in [7, 11) is -7.45. The van der Waals surface area contributed by atoms with Crippen molar-refractivity contribution in [1.29, 1.82) is 0 Å². The third-order valence-electron chi connectivity index (χ3n) is 3.76. The first kappa shape index (κ1) is 17.8. The molecule has 3 rings (SSSR count). The van der Waals surface area contributed by atoms with Crippen LogP contribution in [-0.2, 0) is 25.6 Å². The van der Waals surface area contributed by atoms with Gasteiger partial charge in [0, 0.05) is 13.1 Å². The van der Waals surface area contributed by atoms with Crippen molar-refractivity contribution >= 4 is 43.1 Å². The highest BCUT2D eigenvalue weighted by molar-refractivity contribution is 7.92. The maximum absolute atomic E-state index is 12.6. The van der Waals surface area contributed by atoms with Crippen LogP contribution in [0.15, 0.2) is 45.9 Å². The van der Waals surface area contributed by atoms with E-state index in [9.17, 15) is 16.8 Å². The van der Waals surface area contributed by atoms with E-state index < -0.39 is 25.1 Å². The maximum atomic E-state index is 12.6. The van der Waals surface area contributed by atoms with Crippen molar-refractivity contribution in [2.24, 2.45) is 0 Å². The van der Waals surface area contributed by atoms with Crippen molar-refractivity contribution in [1.82, 2.24) is 4.31 Å². The van der Waals surface area contributed by atoms with Crippen molar-refractivity contribution in [3.05, 3.63) is 52.4 Å². The minimum absolute atomic E-state index is 0.00407. The Morgan fingerprint density at radius 1 is 1.04 bits per heavy atom. The SMILES string of the molecule is O=S(=O)(Cc1ccco1)C1CN(S(=O)(=O)c2c(Cl)cccc2Cl)C1. The van der Waals surface area contributed by atoms with E-state index in [0.717, 1.165) is 4.31 Å². The summed E-state index contributed by atoms with van der Waals surface area (Å²) in [5.74, 6) is 0.0660. The first-order valence-corrected chi connectivity index (χ1v) is 10.8. The van der Waals surface area contributed by atoms with Gasteiger partial charge in [-0.25, -0.2) is 16.8 Å². The topological polar surface area (TPSA) is 84.7 Å². The zero-order valence-electron chi connectivity index (χ0n) is 12.2. The zero-order chi connectivity index (χ0) is 17.5. The molecule has 24 heavy (non-hydrogen) atoms. The van der Waals surface area contributed by atoms with Gasteiger partial charge >= 0.3 is 0 Å². The fraction of sp³-hybridized carbons (Fsp3) is 0.286. The van der Waals surface area contributed by atoms with Crippen molar-refractivity contribution in [3.63, 3.8) is 0 Å². The van der Waals surface area contributed by atoms with E-state index in [1.54, 1.807) is 12.1 Å². The predicted octanol–water partition coefficient (Wildman–Crippen LogP) is 2.57. The van der Waals surface area contributed by atoms with E-state index in [-0.39, 0.29) is 33.8 Å². The van der Waals surface area contributed by atoms with Gasteiger partial charge in [-0.15, -0.1) is 0 Å². The zero-order valence-corrected chi connectivity index (χ0v) is 15.4. The van der Waals surface area contributed by atoms with Gasteiger partial charge in [-0.05, 0) is 24.3 Å². The average Bonchev–Trinajstić information content (AvgIpc) is 2.87. The van der Waals surface area contributed by atoms with E-state index >= 15 is 0 Å². The summed E-state index contributed by atoms with van der Waals surface area (Å²) in [6.07, 6.45) is 1.39. The second kappa shape index (κ2) is 6.34. The number of halogens is 2. The molecule has 1 fully saturated rings. The maximum Gasteiger partial charge on any atom is 0.246 e. The van der Waals surface area contributed by atoms with Gasteiger partial charge in [0.15, 0.2) is 9.84 Å². The van der Waals surface area contributed by atoms with Crippen LogP contribution >= 0.6 is 23.2 Å². The quantitative estimate of drug-likeness (QED) is 0.757. The number of hydrogen-bond donors (Lipinski definition) is 0. The van der Waals surface area contributed by atoms with Crippen LogP contribution in [0.3, 0.4) is 0 Å². The molecule has 6 nitrogen and oxygen atoms in total. The fourth-order valence-corrected chi connectivity index (χ4v) is 6.81. The van der Waals surface area contributed by atoms with Crippen LogP contribution in [-0.4, -0.2) is 39.5 Å². The lowest BCUT2D eigenvalue weighted by Crippen LogP contribution is -2.56. The Kier molecular flexibility index (Phi) is 4.69. The number of benzene rings is 1. The molecule has 1 aromatic carbocycles. The van der Waals surface area contributed by atoms with E-state index in [1.165, 1.54) is 24.5 Å². The number of hydrogen-bond acceptors (Lipinski definition) is 5. The fourth-order valence-electron chi connectivity index (χ4n) is 2.39. The average molecular weight is 410 g/mol. The van der Waals surface area contributed by atoms with Gasteiger partial charge in [-0.2, -0.15) is 4.31 Å². The Hall–Kier alpha value is -1.06. The number of furan rings is 1. The molecule has 0 N–H and O–H groups in total. The van der Waals surface area contributed by atoms with Gasteiger partial charge < -0.3 is 4.42 Å². The third-order valence-corrected chi connectivity index (χ3v) is 8.55. The largest absolute Gasteiger partial charge is 0.468 e. The third kappa shape index (κ3) is 3.21. The molecule has 2 heterocycles. The Morgan fingerprint density at radius 3 is 2.21 bits per heavy atom. The molecule has 0 aliphatic carbocycles. The molecule has 1 aliphatic heterocycles. The molecule has 2 aromatic rings. The molecule has 130 valence electrons. The van der Waals surface area contributed by atoms with Crippen LogP contribution in [0.5, 0.6) is 0 Å². The number of nitrogens with zero attached hydrogens (tertiary/aromatic N) is 1. The number of rotatable bonds is 5. The minimum atomic E-state index is -3.94. The molecule has 0 bridgehead atoms. The monoisotopic (exact) mass is 409 g/mol. The lowest BCUT2D eigenvalue weighted by Gasteiger charge is -2.37. The van der Waals surface area contributed by atoms with Crippen LogP contribution in [0, 0.1) is 0 Å². The van der Waals surface area contributed by atoms with Gasteiger partial charge in [0.25, 0.3) is 0 Å². The lowest BCUT2D eigenvalue weighted by atomic mass is 10.3. The molecule has 0 amide bonds. The first-order chi connectivity index (χ1) is 11.2. The van der Waals surface area contributed by atoms with Gasteiger partial charge in [0.05, 0.1) is 21.6 Å². The molecule has 0 atom stereocenters. The van der Waals surface area contributed by atoms with Crippen molar-refractivity contribution in [3.8, 4) is 0 Å². The molecule has 10 heteroatoms. The summed E-state index contributed by atoms with van der Waals surface area (Å²) >= 11 is 11.9. The summed E-state index contributed by atoms with van der Waals surface area (Å²) in [6.45, 7) is -0.264. The molecule has 0 unspecified atom stereocenters. The van der Waals surface area contributed by atoms with E-state index in [1.807, 2.05) is 0 Å². The minimum Gasteiger partial charge on any atom is -0.468 e. The molecular formula is C14H13Cl2NO5S2. The Labute approximate surface area is 149 Å². The second-order valence-corrected chi connectivity index (χ2v) is 10.4. The lowest BCUT2D eigenvalue weighted by molar-refractivity contribution is 0.309. The summed E-state index contributed by atoms with van der Waals surface area (Å²) in [6, 6.07) is 7.54. The Morgan fingerprint density at radius 2 is 1.67 bits per heavy atom. The molecule has 1 saturated heterocycles. The van der Waals surface area contributed by atoms with Crippen LogP contribution in [0.25, 0.3) is 0 Å². The highest BCUT2D eigenvalue weighted by Crippen LogP contribution is 2.34. The van der Waals surface area contributed by atoms with Crippen LogP contribution in [0.2, 0.25) is 10.0 Å². The smallest absolute Gasteiger partial charge is 0.246 e. The van der Waals surface area contributed by atoms with Crippen LogP contribution in [0.1, 0.15) is 5.76 Å². The van der Waals surface area contributed by atoms with Crippen molar-refractivity contribution in [2.75, 3.05) is 13.1 Å². The van der Waals surface area contributed by atoms with E-state index in [2.05, 4.69) is 0 Å². The van der Waals surface area contributed by atoms with Gasteiger partial charge in [-0.1, -0.05) is 29.3 Å². The second-order valence-electron chi connectivity index (χ2n) is 5.38. The first-order valence-electron chi connectivity index (χ1n) is 6.90. The molecule has 1 aliphatic rings. The standard InChI is InChI=1S/C14H13Cl2NO5S2/c15-12-4-1-5-13(16)14(12)24(20,21)17-7-11(8-17)23(18,19)9-10-3-2-6-22-10/h1-6,11H,7-9H2. The van der Waals surface area contributed by atoms with Crippen molar-refractivity contribution in [2.45, 2.75) is 15.9 Å². The van der Waals surface area contributed by atoms with Gasteiger partial charge in [-0.3, -0.25) is 0 Å². The Bertz CT molecular complexity index is 929. The molecule has 0 radical (unpaired) electrons. The van der Waals surface area contributed by atoms with Gasteiger partial charge in [0.1, 0.15) is 16.4 Å². The number of sulfone groups is 1. The summed E-state index contributed by atoms with van der Waals surface area (Å²) in [4.78, 5) is -0.199. The highest BCUT2D eigenvalue weighted by atomic mass is 35.5. The molecule has 1 aromatic heterocycles. The van der Waals surface area contributed by atoms with E-state index in [0.29, 0.717) is 5.76 Å². The summed E-state index contributed by atoms with van der Waals surface area (Å²) < 4.78 is 55.9. The van der Waals surface area contributed by atoms with Gasteiger partial charge in [0.2, 0.25) is 10.0 Å². The number of sulfonamides is 1. The van der Waals surface area contributed by atoms with E-state index in [4.69, 9.17) is 27.6 Å². The highest BCUT2D eigenvalue weighted by Gasteiger charge is 2.44. The van der Waals surface area contributed by atoms with Crippen LogP contribution in [0.4, 0.5) is 0 Å². The molecular weight excluding hydrogens is 397 g/mol. The molecule has 0 saturated carbocycles. The normalized spacial score (nSPS) is 16.9. The Balaban J connectivity index is 1.76. The predicted molar refractivity (Wildman–Crippen MR) is 90.3 cm³/mol. The van der Waals surface area contributed by atoms with Crippen LogP contribution < -0.4 is 0 Å².